The summed E-state index contributed by atoms with van der Waals surface area (Å²) >= 11 is 0. The Hall–Kier alpha value is -2.41. The van der Waals surface area contributed by atoms with E-state index in [-0.39, 0.29) is 5.41 Å². The van der Waals surface area contributed by atoms with E-state index in [1.165, 1.54) is 37.7 Å². The molecule has 4 nitrogen and oxygen atoms in total. The van der Waals surface area contributed by atoms with Crippen LogP contribution in [0.2, 0.25) is 0 Å². The maximum Gasteiger partial charge on any atom is 0.159 e. The van der Waals surface area contributed by atoms with Crippen molar-refractivity contribution < 1.29 is 4.74 Å². The second kappa shape index (κ2) is 12.6. The molecule has 4 heteroatoms. The number of ether oxygens (including phenoxy) is 1. The molecule has 0 N–H and O–H groups in total. The summed E-state index contributed by atoms with van der Waals surface area (Å²) in [6, 6.07) is 10.8. The van der Waals surface area contributed by atoms with E-state index in [0.717, 1.165) is 68.7 Å². The molecule has 1 heterocycles. The number of nitriles is 1. The SMILES string of the molecule is CCCCCCC[C@]1(C#N)CC[C@H](COc2ccc(-c3ncc(CCC)cn3)cc2)CC1. The van der Waals surface area contributed by atoms with Crippen molar-refractivity contribution in [2.45, 2.75) is 90.9 Å². The third-order valence-electron chi connectivity index (χ3n) is 6.90. The summed E-state index contributed by atoms with van der Waals surface area (Å²) in [7, 11) is 0. The molecule has 172 valence electrons. The van der Waals surface area contributed by atoms with Gasteiger partial charge in [0.2, 0.25) is 0 Å². The lowest BCUT2D eigenvalue weighted by molar-refractivity contribution is 0.144. The van der Waals surface area contributed by atoms with E-state index in [4.69, 9.17) is 4.74 Å². The van der Waals surface area contributed by atoms with E-state index >= 15 is 0 Å². The maximum absolute atomic E-state index is 9.81. The summed E-state index contributed by atoms with van der Waals surface area (Å²) in [4.78, 5) is 8.99. The summed E-state index contributed by atoms with van der Waals surface area (Å²) in [5, 5.41) is 9.81. The zero-order chi connectivity index (χ0) is 22.7. The number of rotatable bonds is 12. The zero-order valence-electron chi connectivity index (χ0n) is 20.0. The van der Waals surface area contributed by atoms with Crippen LogP contribution < -0.4 is 4.74 Å². The second-order valence-corrected chi connectivity index (χ2v) is 9.50. The highest BCUT2D eigenvalue weighted by Gasteiger charge is 2.35. The highest BCUT2D eigenvalue weighted by Crippen LogP contribution is 2.42. The Labute approximate surface area is 194 Å². The van der Waals surface area contributed by atoms with Crippen molar-refractivity contribution >= 4 is 0 Å². The average Bonchev–Trinajstić information content (AvgIpc) is 2.84. The molecule has 1 aromatic heterocycles. The third kappa shape index (κ3) is 7.05. The van der Waals surface area contributed by atoms with Crippen molar-refractivity contribution in [3.8, 4) is 23.2 Å². The lowest BCUT2D eigenvalue weighted by Gasteiger charge is -2.35. The number of hydrogen-bond donors (Lipinski definition) is 0. The minimum absolute atomic E-state index is 0.0863. The van der Waals surface area contributed by atoms with E-state index in [9.17, 15) is 5.26 Å². The predicted octanol–water partition coefficient (Wildman–Crippen LogP) is 7.54. The number of aromatic nitrogens is 2. The largest absolute Gasteiger partial charge is 0.493 e. The molecule has 0 radical (unpaired) electrons. The van der Waals surface area contributed by atoms with Gasteiger partial charge >= 0.3 is 0 Å². The van der Waals surface area contributed by atoms with E-state index in [2.05, 4.69) is 29.9 Å². The zero-order valence-corrected chi connectivity index (χ0v) is 20.0. The molecule has 3 rings (SSSR count). The van der Waals surface area contributed by atoms with Crippen LogP contribution in [0.4, 0.5) is 0 Å². The maximum atomic E-state index is 9.81. The number of unbranched alkanes of at least 4 members (excludes halogenated alkanes) is 4. The Kier molecular flexibility index (Phi) is 9.53. The standard InChI is InChI=1S/C28H39N3O/c1-3-5-6-7-8-16-28(22-29)17-14-23(15-18-28)21-32-26-12-10-25(11-13-26)27-30-19-24(9-4-2)20-31-27/h10-13,19-20,23H,3-9,14-18,21H2,1-2H3/t23-,28-. The smallest absolute Gasteiger partial charge is 0.159 e. The average molecular weight is 434 g/mol. The van der Waals surface area contributed by atoms with Crippen molar-refractivity contribution in [3.63, 3.8) is 0 Å². The lowest BCUT2D eigenvalue weighted by Crippen LogP contribution is -2.28. The van der Waals surface area contributed by atoms with Gasteiger partial charge in [-0.05, 0) is 74.3 Å². The summed E-state index contributed by atoms with van der Waals surface area (Å²) in [6.07, 6.45) is 17.6. The molecule has 2 aromatic rings. The van der Waals surface area contributed by atoms with E-state index < -0.39 is 0 Å². The fourth-order valence-corrected chi connectivity index (χ4v) is 4.72. The summed E-state index contributed by atoms with van der Waals surface area (Å²) in [5.41, 5.74) is 2.10. The molecule has 1 aliphatic rings. The van der Waals surface area contributed by atoms with Crippen molar-refractivity contribution in [2.24, 2.45) is 11.3 Å². The Morgan fingerprint density at radius 1 is 0.969 bits per heavy atom. The molecule has 0 atom stereocenters. The van der Waals surface area contributed by atoms with Crippen molar-refractivity contribution in [2.75, 3.05) is 6.61 Å². The molecule has 32 heavy (non-hydrogen) atoms. The number of hydrogen-bond acceptors (Lipinski definition) is 4. The van der Waals surface area contributed by atoms with Crippen LogP contribution in [0.15, 0.2) is 36.7 Å². The minimum atomic E-state index is -0.0863. The van der Waals surface area contributed by atoms with Gasteiger partial charge < -0.3 is 4.74 Å². The molecule has 0 saturated heterocycles. The molecule has 1 aromatic carbocycles. The van der Waals surface area contributed by atoms with E-state index in [1.807, 2.05) is 36.7 Å². The Morgan fingerprint density at radius 2 is 1.66 bits per heavy atom. The lowest BCUT2D eigenvalue weighted by atomic mass is 9.69. The van der Waals surface area contributed by atoms with Gasteiger partial charge in [0, 0.05) is 18.0 Å². The Balaban J connectivity index is 1.43. The first-order chi connectivity index (χ1) is 15.7. The highest BCUT2D eigenvalue weighted by molar-refractivity contribution is 5.55. The third-order valence-corrected chi connectivity index (χ3v) is 6.90. The molecule has 1 saturated carbocycles. The van der Waals surface area contributed by atoms with E-state index in [0.29, 0.717) is 5.92 Å². The van der Waals surface area contributed by atoms with Gasteiger partial charge in [-0.15, -0.1) is 0 Å². The quantitative estimate of drug-likeness (QED) is 0.324. The topological polar surface area (TPSA) is 58.8 Å². The first-order valence-corrected chi connectivity index (χ1v) is 12.6. The Morgan fingerprint density at radius 3 is 2.28 bits per heavy atom. The first-order valence-electron chi connectivity index (χ1n) is 12.6. The first kappa shape index (κ1) is 24.2. The molecule has 0 bridgehead atoms. The van der Waals surface area contributed by atoms with Crippen molar-refractivity contribution in [3.05, 3.63) is 42.2 Å². The molecule has 1 fully saturated rings. The van der Waals surface area contributed by atoms with Crippen LogP contribution in [0.3, 0.4) is 0 Å². The van der Waals surface area contributed by atoms with Gasteiger partial charge in [-0.2, -0.15) is 5.26 Å². The summed E-state index contributed by atoms with van der Waals surface area (Å²) in [5.74, 6) is 2.20. The van der Waals surface area contributed by atoms with Gasteiger partial charge in [0.05, 0.1) is 18.1 Å². The van der Waals surface area contributed by atoms with Gasteiger partial charge in [-0.25, -0.2) is 9.97 Å². The number of aryl methyl sites for hydroxylation is 1. The molecular weight excluding hydrogens is 394 g/mol. The number of benzene rings is 1. The Bertz CT molecular complexity index is 830. The van der Waals surface area contributed by atoms with Crippen LogP contribution in [0.25, 0.3) is 11.4 Å². The highest BCUT2D eigenvalue weighted by atomic mass is 16.5. The molecule has 0 aliphatic heterocycles. The van der Waals surface area contributed by atoms with Gasteiger partial charge in [0.25, 0.3) is 0 Å². The molecule has 1 aliphatic carbocycles. The van der Waals surface area contributed by atoms with Gasteiger partial charge in [0.15, 0.2) is 5.82 Å². The van der Waals surface area contributed by atoms with Gasteiger partial charge in [0.1, 0.15) is 5.75 Å². The fraction of sp³-hybridized carbons (Fsp3) is 0.607. The second-order valence-electron chi connectivity index (χ2n) is 9.50. The van der Waals surface area contributed by atoms with Crippen LogP contribution in [-0.2, 0) is 6.42 Å². The van der Waals surface area contributed by atoms with Crippen molar-refractivity contribution in [1.82, 2.24) is 9.97 Å². The molecule has 0 amide bonds. The molecular formula is C28H39N3O. The van der Waals surface area contributed by atoms with Crippen molar-refractivity contribution in [1.29, 1.82) is 5.26 Å². The monoisotopic (exact) mass is 433 g/mol. The number of nitrogens with zero attached hydrogens (tertiary/aromatic N) is 3. The van der Waals surface area contributed by atoms with Gasteiger partial charge in [-0.1, -0.05) is 52.4 Å². The van der Waals surface area contributed by atoms with Gasteiger partial charge in [-0.3, -0.25) is 0 Å². The summed E-state index contributed by atoms with van der Waals surface area (Å²) in [6.45, 7) is 5.14. The predicted molar refractivity (Wildman–Crippen MR) is 130 cm³/mol. The van der Waals surface area contributed by atoms with Crippen LogP contribution in [0.1, 0.15) is 90.0 Å². The molecule has 0 spiro atoms. The summed E-state index contributed by atoms with van der Waals surface area (Å²) < 4.78 is 6.09. The van der Waals surface area contributed by atoms with Crippen LogP contribution in [0, 0.1) is 22.7 Å². The fourth-order valence-electron chi connectivity index (χ4n) is 4.72. The minimum Gasteiger partial charge on any atom is -0.493 e. The van der Waals surface area contributed by atoms with Crippen LogP contribution in [0.5, 0.6) is 5.75 Å². The normalized spacial score (nSPS) is 20.6. The van der Waals surface area contributed by atoms with E-state index in [1.54, 1.807) is 0 Å². The molecule has 0 unspecified atom stereocenters. The van der Waals surface area contributed by atoms with Crippen LogP contribution in [-0.4, -0.2) is 16.6 Å². The van der Waals surface area contributed by atoms with Crippen LogP contribution >= 0.6 is 0 Å².